The summed E-state index contributed by atoms with van der Waals surface area (Å²) in [4.78, 5) is 25.3. The van der Waals surface area contributed by atoms with Crippen LogP contribution in [-0.4, -0.2) is 41.6 Å². The maximum absolute atomic E-state index is 12.6. The van der Waals surface area contributed by atoms with E-state index in [4.69, 9.17) is 9.84 Å². The maximum Gasteiger partial charge on any atom is 0.308 e. The van der Waals surface area contributed by atoms with Crippen molar-refractivity contribution in [3.05, 3.63) is 35.9 Å². The number of nitrogens with zero attached hydrogens (tertiary/aromatic N) is 1. The highest BCUT2D eigenvalue weighted by molar-refractivity contribution is 5.84. The number of benzene rings is 1. The zero-order chi connectivity index (χ0) is 14.7. The highest BCUT2D eigenvalue weighted by Crippen LogP contribution is 2.29. The Morgan fingerprint density at radius 1 is 1.35 bits per heavy atom. The van der Waals surface area contributed by atoms with Gasteiger partial charge in [-0.25, -0.2) is 0 Å². The lowest BCUT2D eigenvalue weighted by Crippen LogP contribution is -2.40. The zero-order valence-electron chi connectivity index (χ0n) is 11.7. The molecule has 0 bridgehead atoms. The molecule has 5 heteroatoms. The Morgan fingerprint density at radius 2 is 2.00 bits per heavy atom. The number of methoxy groups -OCH3 is 1. The van der Waals surface area contributed by atoms with Crippen LogP contribution in [0.3, 0.4) is 0 Å². The standard InChI is InChI=1S/C15H19NO4/c1-10-12(15(18)19)8-9-16(10)14(17)13(20-2)11-6-4-3-5-7-11/h3-7,10,12-13H,8-9H2,1-2H3,(H,18,19)/t10?,12?,13-/m1/s1. The molecule has 1 fully saturated rings. The van der Waals surface area contributed by atoms with Gasteiger partial charge in [-0.1, -0.05) is 30.3 Å². The lowest BCUT2D eigenvalue weighted by molar-refractivity contribution is -0.146. The molecule has 1 heterocycles. The van der Waals surface area contributed by atoms with E-state index in [9.17, 15) is 9.59 Å². The lowest BCUT2D eigenvalue weighted by Gasteiger charge is -2.27. The smallest absolute Gasteiger partial charge is 0.308 e. The number of hydrogen-bond donors (Lipinski definition) is 1. The first-order chi connectivity index (χ1) is 9.56. The quantitative estimate of drug-likeness (QED) is 0.909. The summed E-state index contributed by atoms with van der Waals surface area (Å²) in [6.07, 6.45) is -0.181. The third kappa shape index (κ3) is 2.67. The Bertz CT molecular complexity index is 488. The Balaban J connectivity index is 2.16. The Labute approximate surface area is 118 Å². The topological polar surface area (TPSA) is 66.8 Å². The number of carboxylic acids is 1. The van der Waals surface area contributed by atoms with Gasteiger partial charge in [0.2, 0.25) is 0 Å². The van der Waals surface area contributed by atoms with E-state index in [0.717, 1.165) is 5.56 Å². The number of carbonyl (C=O) groups excluding carboxylic acids is 1. The second kappa shape index (κ2) is 6.05. The second-order valence-electron chi connectivity index (χ2n) is 5.03. The molecule has 1 aromatic carbocycles. The van der Waals surface area contributed by atoms with Crippen molar-refractivity contribution in [2.24, 2.45) is 5.92 Å². The molecular formula is C15H19NO4. The molecule has 3 atom stereocenters. The van der Waals surface area contributed by atoms with Gasteiger partial charge in [-0.05, 0) is 18.9 Å². The van der Waals surface area contributed by atoms with E-state index in [0.29, 0.717) is 13.0 Å². The van der Waals surface area contributed by atoms with Crippen LogP contribution in [-0.2, 0) is 14.3 Å². The number of amides is 1. The average molecular weight is 277 g/mol. The molecule has 0 radical (unpaired) electrons. The molecule has 1 aliphatic heterocycles. The van der Waals surface area contributed by atoms with Gasteiger partial charge in [0.1, 0.15) is 0 Å². The average Bonchev–Trinajstić information content (AvgIpc) is 2.82. The van der Waals surface area contributed by atoms with Crippen LogP contribution in [0.1, 0.15) is 25.0 Å². The summed E-state index contributed by atoms with van der Waals surface area (Å²) in [7, 11) is 1.49. The van der Waals surface area contributed by atoms with Gasteiger partial charge in [0.05, 0.1) is 5.92 Å². The van der Waals surface area contributed by atoms with Crippen molar-refractivity contribution in [1.29, 1.82) is 0 Å². The molecule has 2 unspecified atom stereocenters. The van der Waals surface area contributed by atoms with Gasteiger partial charge >= 0.3 is 5.97 Å². The van der Waals surface area contributed by atoms with Crippen LogP contribution in [0.2, 0.25) is 0 Å². The number of ether oxygens (including phenoxy) is 1. The lowest BCUT2D eigenvalue weighted by atomic mass is 10.0. The number of hydrogen-bond acceptors (Lipinski definition) is 3. The van der Waals surface area contributed by atoms with Gasteiger partial charge in [0.25, 0.3) is 5.91 Å². The first-order valence-corrected chi connectivity index (χ1v) is 6.67. The molecule has 5 nitrogen and oxygen atoms in total. The fourth-order valence-electron chi connectivity index (χ4n) is 2.74. The molecule has 1 N–H and O–H groups in total. The Morgan fingerprint density at radius 3 is 2.50 bits per heavy atom. The van der Waals surface area contributed by atoms with E-state index >= 15 is 0 Å². The minimum atomic E-state index is -0.846. The molecule has 0 aromatic heterocycles. The fourth-order valence-corrected chi connectivity index (χ4v) is 2.74. The molecule has 0 aliphatic carbocycles. The first kappa shape index (κ1) is 14.5. The van der Waals surface area contributed by atoms with Gasteiger partial charge < -0.3 is 14.7 Å². The molecule has 1 amide bonds. The van der Waals surface area contributed by atoms with E-state index in [-0.39, 0.29) is 11.9 Å². The van der Waals surface area contributed by atoms with E-state index in [2.05, 4.69) is 0 Å². The SMILES string of the molecule is CO[C@@H](C(=O)N1CCC(C(=O)O)C1C)c1ccccc1. The van der Waals surface area contributed by atoms with Crippen LogP contribution in [0.25, 0.3) is 0 Å². The van der Waals surface area contributed by atoms with Crippen LogP contribution >= 0.6 is 0 Å². The van der Waals surface area contributed by atoms with Crippen LogP contribution < -0.4 is 0 Å². The van der Waals surface area contributed by atoms with Gasteiger partial charge in [0, 0.05) is 19.7 Å². The molecule has 1 aliphatic rings. The Kier molecular flexibility index (Phi) is 4.39. The number of aliphatic carboxylic acids is 1. The third-order valence-corrected chi connectivity index (χ3v) is 3.92. The monoisotopic (exact) mass is 277 g/mol. The van der Waals surface area contributed by atoms with E-state index in [1.54, 1.807) is 11.8 Å². The van der Waals surface area contributed by atoms with Crippen molar-refractivity contribution < 1.29 is 19.4 Å². The summed E-state index contributed by atoms with van der Waals surface area (Å²) in [6.45, 7) is 2.24. The van der Waals surface area contributed by atoms with E-state index < -0.39 is 18.0 Å². The summed E-state index contributed by atoms with van der Waals surface area (Å²) >= 11 is 0. The van der Waals surface area contributed by atoms with Crippen molar-refractivity contribution in [3.8, 4) is 0 Å². The van der Waals surface area contributed by atoms with Crippen LogP contribution in [0.5, 0.6) is 0 Å². The zero-order valence-corrected chi connectivity index (χ0v) is 11.7. The number of likely N-dealkylation sites (tertiary alicyclic amines) is 1. The maximum atomic E-state index is 12.6. The van der Waals surface area contributed by atoms with Crippen LogP contribution in [0.4, 0.5) is 0 Å². The predicted octanol–water partition coefficient (Wildman–Crippen LogP) is 1.70. The van der Waals surface area contributed by atoms with Gasteiger partial charge in [-0.2, -0.15) is 0 Å². The first-order valence-electron chi connectivity index (χ1n) is 6.67. The highest BCUT2D eigenvalue weighted by atomic mass is 16.5. The molecule has 0 saturated carbocycles. The molecule has 1 saturated heterocycles. The molecule has 2 rings (SSSR count). The largest absolute Gasteiger partial charge is 0.481 e. The van der Waals surface area contributed by atoms with Crippen molar-refractivity contribution in [2.75, 3.05) is 13.7 Å². The second-order valence-corrected chi connectivity index (χ2v) is 5.03. The summed E-state index contributed by atoms with van der Waals surface area (Å²) < 4.78 is 5.32. The summed E-state index contributed by atoms with van der Waals surface area (Å²) in [5.41, 5.74) is 0.783. The molecule has 1 aromatic rings. The highest BCUT2D eigenvalue weighted by Gasteiger charge is 2.40. The van der Waals surface area contributed by atoms with E-state index in [1.165, 1.54) is 7.11 Å². The van der Waals surface area contributed by atoms with Crippen molar-refractivity contribution in [2.45, 2.75) is 25.5 Å². The Hall–Kier alpha value is -1.88. The van der Waals surface area contributed by atoms with Crippen LogP contribution in [0.15, 0.2) is 30.3 Å². The summed E-state index contributed by atoms with van der Waals surface area (Å²) in [6, 6.07) is 8.94. The predicted molar refractivity (Wildman–Crippen MR) is 73.1 cm³/mol. The van der Waals surface area contributed by atoms with Gasteiger partial charge in [-0.15, -0.1) is 0 Å². The molecule has 108 valence electrons. The van der Waals surface area contributed by atoms with Crippen molar-refractivity contribution in [1.82, 2.24) is 4.90 Å². The van der Waals surface area contributed by atoms with Crippen molar-refractivity contribution >= 4 is 11.9 Å². The summed E-state index contributed by atoms with van der Waals surface area (Å²) in [5.74, 6) is -1.51. The normalized spacial score (nSPS) is 23.6. The van der Waals surface area contributed by atoms with E-state index in [1.807, 2.05) is 30.3 Å². The number of carboxylic acid groups (broad SMARTS) is 1. The molecular weight excluding hydrogens is 258 g/mol. The number of carbonyl (C=O) groups is 2. The van der Waals surface area contributed by atoms with Gasteiger partial charge in [-0.3, -0.25) is 9.59 Å². The van der Waals surface area contributed by atoms with Crippen LogP contribution in [0, 0.1) is 5.92 Å². The molecule has 20 heavy (non-hydrogen) atoms. The van der Waals surface area contributed by atoms with Gasteiger partial charge in [0.15, 0.2) is 6.10 Å². The minimum absolute atomic E-state index is 0.171. The summed E-state index contributed by atoms with van der Waals surface area (Å²) in [5, 5.41) is 9.13. The fraction of sp³-hybridized carbons (Fsp3) is 0.467. The van der Waals surface area contributed by atoms with Crippen molar-refractivity contribution in [3.63, 3.8) is 0 Å². The molecule has 0 spiro atoms. The number of rotatable bonds is 4. The third-order valence-electron chi connectivity index (χ3n) is 3.92. The minimum Gasteiger partial charge on any atom is -0.481 e.